The Morgan fingerprint density at radius 2 is 1.71 bits per heavy atom. The van der Waals surface area contributed by atoms with E-state index in [2.05, 4.69) is 38.7 Å². The molecule has 0 aliphatic heterocycles. The molecule has 0 heteroatoms. The molecule has 0 aromatic carbocycles. The zero-order valence-corrected chi connectivity index (χ0v) is 12.3. The monoisotopic (exact) mass is 234 g/mol. The molecular weight excluding hydrogens is 204 g/mol. The zero-order chi connectivity index (χ0) is 13.1. The van der Waals surface area contributed by atoms with Crippen LogP contribution in [-0.2, 0) is 0 Å². The molecule has 1 aliphatic carbocycles. The van der Waals surface area contributed by atoms with Crippen LogP contribution in [0, 0.1) is 5.92 Å². The first-order valence-electron chi connectivity index (χ1n) is 7.30. The lowest BCUT2D eigenvalue weighted by molar-refractivity contribution is 0.408. The minimum atomic E-state index is 0.810. The summed E-state index contributed by atoms with van der Waals surface area (Å²) in [5.74, 6) is 0.810. The summed E-state index contributed by atoms with van der Waals surface area (Å²) in [7, 11) is 0. The van der Waals surface area contributed by atoms with Gasteiger partial charge in [-0.3, -0.25) is 0 Å². The van der Waals surface area contributed by atoms with E-state index in [4.69, 9.17) is 0 Å². The van der Waals surface area contributed by atoms with Crippen LogP contribution in [0.4, 0.5) is 0 Å². The van der Waals surface area contributed by atoms with Crippen LogP contribution in [0.1, 0.15) is 66.2 Å². The fourth-order valence-corrected chi connectivity index (χ4v) is 2.24. The van der Waals surface area contributed by atoms with E-state index in [1.807, 2.05) is 13.8 Å². The highest BCUT2D eigenvalue weighted by atomic mass is 14.2. The topological polar surface area (TPSA) is 0 Å². The highest BCUT2D eigenvalue weighted by molar-refractivity contribution is 5.27. The van der Waals surface area contributed by atoms with Gasteiger partial charge in [0.25, 0.3) is 0 Å². The second kappa shape index (κ2) is 10.4. The van der Waals surface area contributed by atoms with Gasteiger partial charge in [-0.1, -0.05) is 70.4 Å². The van der Waals surface area contributed by atoms with Crippen molar-refractivity contribution in [3.8, 4) is 0 Å². The highest BCUT2D eigenvalue weighted by Gasteiger charge is 2.15. The molecule has 0 bridgehead atoms. The Morgan fingerprint density at radius 1 is 1.12 bits per heavy atom. The minimum Gasteiger partial charge on any atom is -0.0958 e. The normalized spacial score (nSPS) is 17.8. The van der Waals surface area contributed by atoms with Crippen LogP contribution in [0.3, 0.4) is 0 Å². The van der Waals surface area contributed by atoms with E-state index in [9.17, 15) is 0 Å². The molecule has 0 atom stereocenters. The number of rotatable bonds is 4. The summed E-state index contributed by atoms with van der Waals surface area (Å²) in [4.78, 5) is 0. The van der Waals surface area contributed by atoms with Crippen molar-refractivity contribution in [2.45, 2.75) is 66.2 Å². The van der Waals surface area contributed by atoms with E-state index in [0.29, 0.717) is 0 Å². The van der Waals surface area contributed by atoms with Crippen molar-refractivity contribution in [2.24, 2.45) is 5.92 Å². The van der Waals surface area contributed by atoms with Crippen molar-refractivity contribution in [3.63, 3.8) is 0 Å². The van der Waals surface area contributed by atoms with Crippen molar-refractivity contribution in [2.75, 3.05) is 0 Å². The fourth-order valence-electron chi connectivity index (χ4n) is 2.24. The molecular formula is C17H30. The largest absolute Gasteiger partial charge is 0.0958 e. The summed E-state index contributed by atoms with van der Waals surface area (Å²) in [6.07, 6.45) is 14.8. The Labute approximate surface area is 109 Å². The smallest absolute Gasteiger partial charge is 0.0165 e. The first-order valence-corrected chi connectivity index (χ1v) is 7.30. The Kier molecular flexibility index (Phi) is 9.90. The molecule has 0 aromatic rings. The van der Waals surface area contributed by atoms with E-state index in [1.54, 1.807) is 0 Å². The first-order chi connectivity index (χ1) is 8.27. The predicted octanol–water partition coefficient (Wildman–Crippen LogP) is 6.06. The van der Waals surface area contributed by atoms with Gasteiger partial charge in [-0.05, 0) is 37.7 Å². The van der Waals surface area contributed by atoms with Crippen molar-refractivity contribution in [1.29, 1.82) is 0 Å². The third-order valence-corrected chi connectivity index (χ3v) is 3.38. The van der Waals surface area contributed by atoms with Gasteiger partial charge in [-0.25, -0.2) is 0 Å². The maximum absolute atomic E-state index is 4.01. The number of hydrogen-bond donors (Lipinski definition) is 0. The molecule has 0 nitrogen and oxygen atoms in total. The highest BCUT2D eigenvalue weighted by Crippen LogP contribution is 2.30. The molecule has 0 N–H and O–H groups in total. The molecule has 1 rings (SSSR count). The van der Waals surface area contributed by atoms with Crippen LogP contribution in [0.5, 0.6) is 0 Å². The van der Waals surface area contributed by atoms with Gasteiger partial charge in [0.05, 0.1) is 0 Å². The van der Waals surface area contributed by atoms with Gasteiger partial charge in [0.2, 0.25) is 0 Å². The molecule has 0 heterocycles. The summed E-state index contributed by atoms with van der Waals surface area (Å²) in [5, 5.41) is 0. The lowest BCUT2D eigenvalue weighted by atomic mass is 9.83. The van der Waals surface area contributed by atoms with E-state index >= 15 is 0 Å². The Balaban J connectivity index is 0.00000121. The van der Waals surface area contributed by atoms with Crippen LogP contribution >= 0.6 is 0 Å². The summed E-state index contributed by atoms with van der Waals surface area (Å²) >= 11 is 0. The summed E-state index contributed by atoms with van der Waals surface area (Å²) < 4.78 is 0. The van der Waals surface area contributed by atoms with Gasteiger partial charge >= 0.3 is 0 Å². The van der Waals surface area contributed by atoms with Crippen molar-refractivity contribution < 1.29 is 0 Å². The van der Waals surface area contributed by atoms with Crippen LogP contribution in [0.25, 0.3) is 0 Å². The number of allylic oxidation sites excluding steroid dienone is 5. The summed E-state index contributed by atoms with van der Waals surface area (Å²) in [6, 6.07) is 0. The standard InChI is InChI=1S/C15H24.C2H6/c1-4-13(3)11-12-14(5-2)15-9-7-6-8-10-15;1-2/h5,11-12,15H,3-4,6-10H2,1-2H3;1-2H3/b12-11-,14-5+;. The average molecular weight is 234 g/mol. The molecule has 1 saturated carbocycles. The molecule has 17 heavy (non-hydrogen) atoms. The SMILES string of the molecule is C=C(/C=C\C(=C/C)C1CCCCC1)CC.CC. The Hall–Kier alpha value is -0.780. The molecule has 0 spiro atoms. The first kappa shape index (κ1) is 16.2. The molecule has 98 valence electrons. The lowest BCUT2D eigenvalue weighted by Crippen LogP contribution is -2.07. The average Bonchev–Trinajstić information content (AvgIpc) is 2.42. The summed E-state index contributed by atoms with van der Waals surface area (Å²) in [6.45, 7) is 12.3. The molecule has 0 saturated heterocycles. The number of hydrogen-bond acceptors (Lipinski definition) is 0. The Bertz CT molecular complexity index is 249. The van der Waals surface area contributed by atoms with Crippen LogP contribution in [0.2, 0.25) is 0 Å². The second-order valence-corrected chi connectivity index (χ2v) is 4.47. The van der Waals surface area contributed by atoms with E-state index < -0.39 is 0 Å². The van der Waals surface area contributed by atoms with Gasteiger partial charge in [0.15, 0.2) is 0 Å². The van der Waals surface area contributed by atoms with Crippen LogP contribution in [-0.4, -0.2) is 0 Å². The second-order valence-electron chi connectivity index (χ2n) is 4.47. The van der Waals surface area contributed by atoms with Gasteiger partial charge < -0.3 is 0 Å². The third kappa shape index (κ3) is 6.51. The molecule has 0 amide bonds. The quantitative estimate of drug-likeness (QED) is 0.518. The van der Waals surface area contributed by atoms with Crippen molar-refractivity contribution in [1.82, 2.24) is 0 Å². The van der Waals surface area contributed by atoms with Crippen LogP contribution in [0.15, 0.2) is 36.0 Å². The predicted molar refractivity (Wildman–Crippen MR) is 80.3 cm³/mol. The van der Waals surface area contributed by atoms with Gasteiger partial charge in [-0.2, -0.15) is 0 Å². The summed E-state index contributed by atoms with van der Waals surface area (Å²) in [5.41, 5.74) is 2.74. The molecule has 0 unspecified atom stereocenters. The molecule has 1 aliphatic rings. The molecule has 0 radical (unpaired) electrons. The maximum Gasteiger partial charge on any atom is -0.0165 e. The van der Waals surface area contributed by atoms with Crippen molar-refractivity contribution >= 4 is 0 Å². The van der Waals surface area contributed by atoms with E-state index in [1.165, 1.54) is 43.3 Å². The van der Waals surface area contributed by atoms with Gasteiger partial charge in [-0.15, -0.1) is 0 Å². The van der Waals surface area contributed by atoms with E-state index in [0.717, 1.165) is 12.3 Å². The van der Waals surface area contributed by atoms with Crippen molar-refractivity contribution in [3.05, 3.63) is 36.0 Å². The van der Waals surface area contributed by atoms with Gasteiger partial charge in [0.1, 0.15) is 0 Å². The molecule has 1 fully saturated rings. The third-order valence-electron chi connectivity index (χ3n) is 3.38. The minimum absolute atomic E-state index is 0.810. The van der Waals surface area contributed by atoms with Gasteiger partial charge in [0, 0.05) is 0 Å². The Morgan fingerprint density at radius 3 is 2.18 bits per heavy atom. The maximum atomic E-state index is 4.01. The van der Waals surface area contributed by atoms with Crippen LogP contribution < -0.4 is 0 Å². The lowest BCUT2D eigenvalue weighted by Gasteiger charge is -2.22. The van der Waals surface area contributed by atoms with E-state index in [-0.39, 0.29) is 0 Å². The fraction of sp³-hybridized carbons (Fsp3) is 0.647. The zero-order valence-electron chi connectivity index (χ0n) is 12.3. The molecule has 0 aromatic heterocycles.